The number of carbonyl (C=O) groups excluding carboxylic acids is 3. The smallest absolute Gasteiger partial charge is 0.410 e. The average Bonchev–Trinajstić information content (AvgIpc) is 3.42. The maximum absolute atomic E-state index is 13.1. The van der Waals surface area contributed by atoms with Crippen LogP contribution in [-0.4, -0.2) is 94.9 Å². The van der Waals surface area contributed by atoms with Crippen molar-refractivity contribution in [1.82, 2.24) is 29.7 Å². The first kappa shape index (κ1) is 34.5. The molecule has 0 atom stereocenters. The van der Waals surface area contributed by atoms with Gasteiger partial charge in [-0.15, -0.1) is 5.10 Å². The summed E-state index contributed by atoms with van der Waals surface area (Å²) in [7, 11) is 4.72. The molecule has 4 rings (SSSR count). The molecule has 0 aliphatic rings. The van der Waals surface area contributed by atoms with Gasteiger partial charge in [-0.1, -0.05) is 12.1 Å². The average molecular weight is 656 g/mol. The zero-order valence-electron chi connectivity index (χ0n) is 26.8. The number of likely N-dealkylation sites (N-methyl/N-ethyl adjacent to an activating group) is 2. The highest BCUT2D eigenvalue weighted by molar-refractivity contribution is 5.95. The fourth-order valence-electron chi connectivity index (χ4n) is 4.30. The van der Waals surface area contributed by atoms with Gasteiger partial charge in [0.05, 0.1) is 12.8 Å². The molecule has 0 aliphatic carbocycles. The minimum Gasteiger partial charge on any atom is -0.495 e. The van der Waals surface area contributed by atoms with Crippen LogP contribution < -0.4 is 15.4 Å². The van der Waals surface area contributed by atoms with Gasteiger partial charge in [-0.05, 0) is 68.8 Å². The number of fused-ring (bicyclic) bond motifs is 1. The lowest BCUT2D eigenvalue weighted by Crippen LogP contribution is -2.39. The van der Waals surface area contributed by atoms with Gasteiger partial charge in [0.25, 0.3) is 11.8 Å². The molecular formula is C32H36F3N7O5. The van der Waals surface area contributed by atoms with E-state index < -0.39 is 30.3 Å². The number of carbonyl (C=O) groups is 3. The van der Waals surface area contributed by atoms with E-state index >= 15 is 0 Å². The number of nitrogens with one attached hydrogen (secondary N) is 2. The number of aromatic nitrogens is 3. The first-order chi connectivity index (χ1) is 22.0. The summed E-state index contributed by atoms with van der Waals surface area (Å²) >= 11 is 0. The molecule has 4 aromatic rings. The minimum atomic E-state index is -4.49. The zero-order valence-corrected chi connectivity index (χ0v) is 26.8. The van der Waals surface area contributed by atoms with Crippen molar-refractivity contribution >= 4 is 35.2 Å². The van der Waals surface area contributed by atoms with E-state index in [1.807, 2.05) is 5.32 Å². The maximum Gasteiger partial charge on any atom is 0.410 e. The van der Waals surface area contributed by atoms with Gasteiger partial charge in [-0.25, -0.2) is 9.31 Å². The Balaban J connectivity index is 1.41. The molecule has 2 heterocycles. The maximum atomic E-state index is 13.1. The molecule has 0 aliphatic heterocycles. The Morgan fingerprint density at radius 3 is 2.17 bits per heavy atom. The van der Waals surface area contributed by atoms with Crippen LogP contribution in [0.1, 0.15) is 41.5 Å². The molecule has 0 bridgehead atoms. The van der Waals surface area contributed by atoms with Gasteiger partial charge in [0.15, 0.2) is 5.65 Å². The molecular weight excluding hydrogens is 619 g/mol. The van der Waals surface area contributed by atoms with Crippen molar-refractivity contribution in [3.63, 3.8) is 0 Å². The lowest BCUT2D eigenvalue weighted by atomic mass is 10.1. The lowest BCUT2D eigenvalue weighted by Gasteiger charge is -2.26. The normalized spacial score (nSPS) is 11.6. The van der Waals surface area contributed by atoms with Crippen molar-refractivity contribution in [2.45, 2.75) is 32.5 Å². The van der Waals surface area contributed by atoms with E-state index in [2.05, 4.69) is 15.4 Å². The summed E-state index contributed by atoms with van der Waals surface area (Å²) in [5.41, 5.74) is 2.36. The van der Waals surface area contributed by atoms with Crippen molar-refractivity contribution in [3.05, 3.63) is 71.9 Å². The number of methoxy groups -OCH3 is 1. The number of hydrogen-bond acceptors (Lipinski definition) is 8. The molecule has 3 amide bonds. The quantitative estimate of drug-likeness (QED) is 0.233. The molecule has 0 unspecified atom stereocenters. The van der Waals surface area contributed by atoms with E-state index in [0.29, 0.717) is 28.2 Å². The standard InChI is InChI=1S/C32H36F3N7O5/c1-31(2,3)47-30(45)41(5)16-15-40(4)28(44)22-11-13-24(25(17-22)46-6)37-29-38-26-14-12-23(18-42(26)39-29)20-7-9-21(10-8-20)27(43)36-19-32(33,34)35/h7-14,17-18H,15-16,19H2,1-6H3,(H,36,43)(H,37,39). The summed E-state index contributed by atoms with van der Waals surface area (Å²) in [4.78, 5) is 44.7. The third kappa shape index (κ3) is 9.34. The van der Waals surface area contributed by atoms with Gasteiger partial charge >= 0.3 is 12.3 Å². The number of anilines is 2. The van der Waals surface area contributed by atoms with Crippen LogP contribution in [0.3, 0.4) is 0 Å². The molecule has 250 valence electrons. The van der Waals surface area contributed by atoms with Gasteiger partial charge in [0.2, 0.25) is 5.95 Å². The van der Waals surface area contributed by atoms with Crippen molar-refractivity contribution < 1.29 is 37.0 Å². The number of amides is 3. The first-order valence-corrected chi connectivity index (χ1v) is 14.5. The van der Waals surface area contributed by atoms with Crippen molar-refractivity contribution in [3.8, 4) is 16.9 Å². The third-order valence-electron chi connectivity index (χ3n) is 6.78. The Bertz CT molecular complexity index is 1750. The fraction of sp³-hybridized carbons (Fsp3) is 0.344. The Morgan fingerprint density at radius 2 is 1.53 bits per heavy atom. The van der Waals surface area contributed by atoms with E-state index in [0.717, 1.165) is 5.56 Å². The molecule has 47 heavy (non-hydrogen) atoms. The summed E-state index contributed by atoms with van der Waals surface area (Å²) in [6.07, 6.45) is -3.25. The second-order valence-corrected chi connectivity index (χ2v) is 11.7. The largest absolute Gasteiger partial charge is 0.495 e. The predicted molar refractivity (Wildman–Crippen MR) is 169 cm³/mol. The summed E-state index contributed by atoms with van der Waals surface area (Å²) in [5.74, 6) is -0.437. The Hall–Kier alpha value is -5.34. The molecule has 0 saturated heterocycles. The van der Waals surface area contributed by atoms with E-state index in [1.54, 1.807) is 88.0 Å². The van der Waals surface area contributed by atoms with Gasteiger partial charge < -0.3 is 29.9 Å². The van der Waals surface area contributed by atoms with Gasteiger partial charge in [-0.3, -0.25) is 9.59 Å². The summed E-state index contributed by atoms with van der Waals surface area (Å²) in [6.45, 7) is 4.51. The van der Waals surface area contributed by atoms with E-state index in [9.17, 15) is 27.6 Å². The van der Waals surface area contributed by atoms with Crippen LogP contribution in [0.5, 0.6) is 5.75 Å². The van der Waals surface area contributed by atoms with Gasteiger partial charge in [0.1, 0.15) is 17.9 Å². The highest BCUT2D eigenvalue weighted by Crippen LogP contribution is 2.29. The topological polar surface area (TPSA) is 130 Å². The second kappa shape index (κ2) is 14.0. The molecule has 0 saturated carbocycles. The Kier molecular flexibility index (Phi) is 10.3. The van der Waals surface area contributed by atoms with Crippen molar-refractivity contribution in [2.24, 2.45) is 0 Å². The lowest BCUT2D eigenvalue weighted by molar-refractivity contribution is -0.123. The first-order valence-electron chi connectivity index (χ1n) is 14.5. The van der Waals surface area contributed by atoms with Crippen LogP contribution in [0, 0.1) is 0 Å². The van der Waals surface area contributed by atoms with Crippen LogP contribution in [0.25, 0.3) is 16.8 Å². The van der Waals surface area contributed by atoms with Crippen LogP contribution in [0.2, 0.25) is 0 Å². The van der Waals surface area contributed by atoms with Crippen LogP contribution in [0.4, 0.5) is 29.6 Å². The Labute approximate surface area is 269 Å². The Morgan fingerprint density at radius 1 is 0.894 bits per heavy atom. The van der Waals surface area contributed by atoms with Gasteiger partial charge in [-0.2, -0.15) is 18.2 Å². The number of halogens is 3. The second-order valence-electron chi connectivity index (χ2n) is 11.7. The van der Waals surface area contributed by atoms with Crippen LogP contribution in [-0.2, 0) is 4.74 Å². The predicted octanol–water partition coefficient (Wildman–Crippen LogP) is 5.38. The SMILES string of the molecule is COc1cc(C(=O)N(C)CCN(C)C(=O)OC(C)(C)C)ccc1Nc1nc2ccc(-c3ccc(C(=O)NCC(F)(F)F)cc3)cn2n1. The van der Waals surface area contributed by atoms with Gasteiger partial charge in [0, 0.05) is 50.1 Å². The summed E-state index contributed by atoms with van der Waals surface area (Å²) in [5, 5.41) is 9.43. The minimum absolute atomic E-state index is 0.102. The monoisotopic (exact) mass is 655 g/mol. The number of rotatable bonds is 10. The summed E-state index contributed by atoms with van der Waals surface area (Å²) in [6, 6.07) is 14.6. The molecule has 2 aromatic heterocycles. The highest BCUT2D eigenvalue weighted by atomic mass is 19.4. The third-order valence-corrected chi connectivity index (χ3v) is 6.78. The number of nitrogens with zero attached hydrogens (tertiary/aromatic N) is 5. The summed E-state index contributed by atoms with van der Waals surface area (Å²) < 4.78 is 49.7. The molecule has 12 nitrogen and oxygen atoms in total. The number of ether oxygens (including phenoxy) is 2. The van der Waals surface area contributed by atoms with E-state index in [4.69, 9.17) is 9.47 Å². The number of alkyl halides is 3. The zero-order chi connectivity index (χ0) is 34.5. The van der Waals surface area contributed by atoms with Crippen molar-refractivity contribution in [2.75, 3.05) is 46.2 Å². The number of benzene rings is 2. The molecule has 0 spiro atoms. The van der Waals surface area contributed by atoms with Crippen LogP contribution in [0.15, 0.2) is 60.8 Å². The number of hydrogen-bond donors (Lipinski definition) is 2. The highest BCUT2D eigenvalue weighted by Gasteiger charge is 2.28. The molecule has 2 N–H and O–H groups in total. The van der Waals surface area contributed by atoms with E-state index in [-0.39, 0.29) is 30.5 Å². The van der Waals surface area contributed by atoms with Crippen molar-refractivity contribution in [1.29, 1.82) is 0 Å². The molecule has 0 radical (unpaired) electrons. The molecule has 15 heteroatoms. The van der Waals surface area contributed by atoms with E-state index in [1.165, 1.54) is 29.0 Å². The van der Waals surface area contributed by atoms with Crippen LogP contribution >= 0.6 is 0 Å². The number of pyridine rings is 1. The molecule has 2 aromatic carbocycles. The fourth-order valence-corrected chi connectivity index (χ4v) is 4.30. The molecule has 0 fully saturated rings.